The molecule has 1 aromatic carbocycles. The molecule has 0 aliphatic rings. The van der Waals surface area contributed by atoms with Gasteiger partial charge in [-0.05, 0) is 45.0 Å². The molecule has 1 amide bonds. The molecule has 134 valence electrons. The van der Waals surface area contributed by atoms with Gasteiger partial charge in [0, 0.05) is 23.3 Å². The van der Waals surface area contributed by atoms with Gasteiger partial charge in [0.15, 0.2) is 5.69 Å². The van der Waals surface area contributed by atoms with E-state index in [1.165, 1.54) is 4.90 Å². The van der Waals surface area contributed by atoms with Crippen LogP contribution in [0.3, 0.4) is 0 Å². The zero-order valence-electron chi connectivity index (χ0n) is 14.2. The fourth-order valence-corrected chi connectivity index (χ4v) is 2.92. The molecule has 0 spiro atoms. The van der Waals surface area contributed by atoms with Crippen molar-refractivity contribution in [3.05, 3.63) is 45.7 Å². The van der Waals surface area contributed by atoms with Crippen LogP contribution in [0, 0.1) is 6.92 Å². The van der Waals surface area contributed by atoms with E-state index in [4.69, 9.17) is 28.3 Å². The summed E-state index contributed by atoms with van der Waals surface area (Å²) >= 11 is 12.1. The lowest BCUT2D eigenvalue weighted by Gasteiger charge is -2.25. The lowest BCUT2D eigenvalue weighted by molar-refractivity contribution is -0.137. The van der Waals surface area contributed by atoms with Crippen LogP contribution < -0.4 is 0 Å². The largest absolute Gasteiger partial charge is 0.481 e. The van der Waals surface area contributed by atoms with E-state index >= 15 is 0 Å². The summed E-state index contributed by atoms with van der Waals surface area (Å²) < 4.78 is 1.57. The Morgan fingerprint density at radius 2 is 1.96 bits per heavy atom. The van der Waals surface area contributed by atoms with Crippen molar-refractivity contribution in [3.8, 4) is 5.69 Å². The van der Waals surface area contributed by atoms with Gasteiger partial charge in [0.2, 0.25) is 0 Å². The van der Waals surface area contributed by atoms with Crippen LogP contribution in [0.5, 0.6) is 0 Å². The molecule has 0 aliphatic heterocycles. The van der Waals surface area contributed by atoms with E-state index in [0.29, 0.717) is 15.7 Å². The van der Waals surface area contributed by atoms with Crippen molar-refractivity contribution in [1.29, 1.82) is 0 Å². The molecule has 0 aliphatic carbocycles. The van der Waals surface area contributed by atoms with Gasteiger partial charge in [0.25, 0.3) is 5.91 Å². The van der Waals surface area contributed by atoms with Crippen molar-refractivity contribution in [2.45, 2.75) is 33.2 Å². The normalized spacial score (nSPS) is 11.0. The van der Waals surface area contributed by atoms with Gasteiger partial charge >= 0.3 is 5.97 Å². The number of nitrogens with zero attached hydrogens (tertiary/aromatic N) is 3. The molecule has 2 aromatic rings. The van der Waals surface area contributed by atoms with Gasteiger partial charge in [-0.2, -0.15) is 5.10 Å². The standard InChI is InChI=1S/C17H19Cl2N3O3/c1-10(2)21(7-6-16(23)24)17(25)14-8-11(3)22(20-14)15-5-4-12(18)9-13(15)19/h4-5,8-10H,6-7H2,1-3H3,(H,23,24). The first kappa shape index (κ1) is 19.3. The van der Waals surface area contributed by atoms with Crippen LogP contribution in [0.25, 0.3) is 5.69 Å². The van der Waals surface area contributed by atoms with Gasteiger partial charge < -0.3 is 10.0 Å². The highest BCUT2D eigenvalue weighted by Crippen LogP contribution is 2.25. The van der Waals surface area contributed by atoms with E-state index in [1.807, 2.05) is 20.8 Å². The molecule has 0 fully saturated rings. The van der Waals surface area contributed by atoms with Gasteiger partial charge in [-0.1, -0.05) is 23.2 Å². The molecule has 0 bridgehead atoms. The zero-order valence-corrected chi connectivity index (χ0v) is 15.7. The Balaban J connectivity index is 2.34. The molecule has 1 N–H and O–H groups in total. The highest BCUT2D eigenvalue weighted by atomic mass is 35.5. The van der Waals surface area contributed by atoms with Crippen LogP contribution >= 0.6 is 23.2 Å². The van der Waals surface area contributed by atoms with E-state index in [-0.39, 0.29) is 30.6 Å². The zero-order chi connectivity index (χ0) is 18.7. The van der Waals surface area contributed by atoms with Crippen LogP contribution in [0.15, 0.2) is 24.3 Å². The van der Waals surface area contributed by atoms with Crippen LogP contribution in [0.4, 0.5) is 0 Å². The molecule has 0 saturated heterocycles. The first-order chi connectivity index (χ1) is 11.7. The summed E-state index contributed by atoms with van der Waals surface area (Å²) in [6.07, 6.45) is -0.118. The molecule has 8 heteroatoms. The Hall–Kier alpha value is -2.05. The van der Waals surface area contributed by atoms with Crippen molar-refractivity contribution in [3.63, 3.8) is 0 Å². The van der Waals surface area contributed by atoms with Crippen molar-refractivity contribution in [2.75, 3.05) is 6.54 Å². The third-order valence-corrected chi connectivity index (χ3v) is 4.23. The Bertz CT molecular complexity index is 802. The molecule has 2 rings (SSSR count). The first-order valence-electron chi connectivity index (χ1n) is 7.75. The van der Waals surface area contributed by atoms with E-state index in [0.717, 1.165) is 5.69 Å². The second-order valence-electron chi connectivity index (χ2n) is 5.91. The summed E-state index contributed by atoms with van der Waals surface area (Å²) in [5, 5.41) is 14.1. The van der Waals surface area contributed by atoms with Crippen molar-refractivity contribution in [2.24, 2.45) is 0 Å². The maximum absolute atomic E-state index is 12.7. The maximum Gasteiger partial charge on any atom is 0.305 e. The predicted octanol–water partition coefficient (Wildman–Crippen LogP) is 3.81. The number of aliphatic carboxylic acids is 1. The molecule has 0 saturated carbocycles. The lowest BCUT2D eigenvalue weighted by atomic mass is 10.2. The number of rotatable bonds is 6. The Morgan fingerprint density at radius 1 is 1.28 bits per heavy atom. The van der Waals surface area contributed by atoms with E-state index in [2.05, 4.69) is 5.10 Å². The van der Waals surface area contributed by atoms with E-state index < -0.39 is 5.97 Å². The monoisotopic (exact) mass is 383 g/mol. The SMILES string of the molecule is Cc1cc(C(=O)N(CCC(=O)O)C(C)C)nn1-c1ccc(Cl)cc1Cl. The minimum atomic E-state index is -0.951. The molecule has 25 heavy (non-hydrogen) atoms. The molecule has 0 unspecified atom stereocenters. The number of carbonyl (C=O) groups excluding carboxylic acids is 1. The Labute approximate surface area is 155 Å². The van der Waals surface area contributed by atoms with Gasteiger partial charge in [-0.3, -0.25) is 9.59 Å². The summed E-state index contributed by atoms with van der Waals surface area (Å²) in [5.41, 5.74) is 1.58. The maximum atomic E-state index is 12.7. The molecular formula is C17H19Cl2N3O3. The molecular weight excluding hydrogens is 365 g/mol. The Kier molecular flexibility index (Phi) is 6.08. The minimum Gasteiger partial charge on any atom is -0.481 e. The average molecular weight is 384 g/mol. The number of halogens is 2. The predicted molar refractivity (Wildman–Crippen MR) is 96.7 cm³/mol. The highest BCUT2D eigenvalue weighted by molar-refractivity contribution is 6.35. The topological polar surface area (TPSA) is 75.4 Å². The van der Waals surface area contributed by atoms with Crippen LogP contribution in [0.1, 0.15) is 36.5 Å². The first-order valence-corrected chi connectivity index (χ1v) is 8.51. The number of hydrogen-bond acceptors (Lipinski definition) is 3. The number of aromatic nitrogens is 2. The molecule has 1 aromatic heterocycles. The third kappa shape index (κ3) is 4.52. The summed E-state index contributed by atoms with van der Waals surface area (Å²) in [4.78, 5) is 25.0. The number of hydrogen-bond donors (Lipinski definition) is 1. The summed E-state index contributed by atoms with van der Waals surface area (Å²) in [7, 11) is 0. The van der Waals surface area contributed by atoms with E-state index in [1.54, 1.807) is 28.9 Å². The minimum absolute atomic E-state index is 0.118. The van der Waals surface area contributed by atoms with Gasteiger partial charge in [0.05, 0.1) is 17.1 Å². The van der Waals surface area contributed by atoms with Gasteiger partial charge in [0.1, 0.15) is 0 Å². The second kappa shape index (κ2) is 7.89. The Morgan fingerprint density at radius 3 is 2.52 bits per heavy atom. The van der Waals surface area contributed by atoms with Gasteiger partial charge in [-0.25, -0.2) is 4.68 Å². The fraction of sp³-hybridized carbons (Fsp3) is 0.353. The molecule has 0 atom stereocenters. The average Bonchev–Trinajstić information content (AvgIpc) is 2.88. The van der Waals surface area contributed by atoms with Crippen molar-refractivity contribution in [1.82, 2.24) is 14.7 Å². The second-order valence-corrected chi connectivity index (χ2v) is 6.76. The summed E-state index contributed by atoms with van der Waals surface area (Å²) in [6, 6.07) is 6.54. The lowest BCUT2D eigenvalue weighted by Crippen LogP contribution is -2.38. The smallest absolute Gasteiger partial charge is 0.305 e. The number of amides is 1. The molecule has 1 heterocycles. The fourth-order valence-electron chi connectivity index (χ4n) is 2.43. The highest BCUT2D eigenvalue weighted by Gasteiger charge is 2.23. The molecule has 0 radical (unpaired) electrons. The van der Waals surface area contributed by atoms with Crippen LogP contribution in [-0.2, 0) is 4.79 Å². The third-order valence-electron chi connectivity index (χ3n) is 3.70. The van der Waals surface area contributed by atoms with Crippen molar-refractivity contribution < 1.29 is 14.7 Å². The quantitative estimate of drug-likeness (QED) is 0.822. The number of carbonyl (C=O) groups is 2. The van der Waals surface area contributed by atoms with Crippen LogP contribution in [0.2, 0.25) is 10.0 Å². The van der Waals surface area contributed by atoms with Crippen molar-refractivity contribution >= 4 is 35.1 Å². The number of benzene rings is 1. The number of carboxylic acid groups (broad SMARTS) is 1. The number of aryl methyl sites for hydroxylation is 1. The molecule has 6 nitrogen and oxygen atoms in total. The number of carboxylic acids is 1. The van der Waals surface area contributed by atoms with E-state index in [9.17, 15) is 9.59 Å². The summed E-state index contributed by atoms with van der Waals surface area (Å²) in [6.45, 7) is 5.60. The van der Waals surface area contributed by atoms with Gasteiger partial charge in [-0.15, -0.1) is 0 Å². The summed E-state index contributed by atoms with van der Waals surface area (Å²) in [5.74, 6) is -1.27. The van der Waals surface area contributed by atoms with Crippen LogP contribution in [-0.4, -0.2) is 44.3 Å².